The molecule has 208 valence electrons. The largest absolute Gasteiger partial charge is 0.479 e. The van der Waals surface area contributed by atoms with Gasteiger partial charge in [0.25, 0.3) is 12.3 Å². The van der Waals surface area contributed by atoms with Gasteiger partial charge in [-0.15, -0.1) is 10.2 Å². The molecule has 10 nitrogen and oxygen atoms in total. The molecule has 5 heterocycles. The molecule has 15 heteroatoms. The van der Waals surface area contributed by atoms with E-state index < -0.39 is 36.8 Å². The van der Waals surface area contributed by atoms with E-state index in [2.05, 4.69) is 25.7 Å². The maximum absolute atomic E-state index is 15.3. The standard InChI is InChI=1S/C24H25F5N8O2/c1-12(21(26)27)37-17-7-13(3-4-16(17)32-34-37)19-15(25)8-36-20(19)22(38-2)31-23(33-36)30-18-5-6-35(11-24(18,28)29)14-9-39-10-14/h3-4,7-8,12,14,18,21H,5-6,9-11H2,1-2H3,(H,30,33)/t12-,18+/m0/s1. The van der Waals surface area contributed by atoms with E-state index in [1.165, 1.54) is 24.6 Å². The summed E-state index contributed by atoms with van der Waals surface area (Å²) in [6.45, 7) is 2.24. The van der Waals surface area contributed by atoms with E-state index in [9.17, 15) is 17.6 Å². The number of ether oxygens (including phenoxy) is 2. The van der Waals surface area contributed by atoms with Gasteiger partial charge in [0.2, 0.25) is 11.8 Å². The fourth-order valence-electron chi connectivity index (χ4n) is 5.04. The number of fused-ring (bicyclic) bond motifs is 2. The third-order valence-electron chi connectivity index (χ3n) is 7.33. The summed E-state index contributed by atoms with van der Waals surface area (Å²) in [5, 5.41) is 14.7. The molecule has 4 aromatic rings. The molecule has 0 unspecified atom stereocenters. The minimum Gasteiger partial charge on any atom is -0.479 e. The molecule has 0 spiro atoms. The number of alkyl halides is 4. The van der Waals surface area contributed by atoms with Crippen LogP contribution >= 0.6 is 0 Å². The molecule has 2 atom stereocenters. The van der Waals surface area contributed by atoms with E-state index in [0.29, 0.717) is 36.4 Å². The zero-order valence-corrected chi connectivity index (χ0v) is 21.0. The van der Waals surface area contributed by atoms with Gasteiger partial charge in [-0.05, 0) is 31.0 Å². The van der Waals surface area contributed by atoms with Crippen LogP contribution in [-0.2, 0) is 4.74 Å². The Labute approximate surface area is 218 Å². The van der Waals surface area contributed by atoms with Crippen LogP contribution in [0.4, 0.5) is 27.9 Å². The molecule has 0 bridgehead atoms. The first-order valence-electron chi connectivity index (χ1n) is 12.4. The Hall–Kier alpha value is -3.59. The molecule has 0 radical (unpaired) electrons. The Morgan fingerprint density at radius 2 is 2.03 bits per heavy atom. The fourth-order valence-corrected chi connectivity index (χ4v) is 5.04. The van der Waals surface area contributed by atoms with E-state index in [-0.39, 0.29) is 35.4 Å². The second-order valence-corrected chi connectivity index (χ2v) is 9.81. The van der Waals surface area contributed by atoms with Gasteiger partial charge in [-0.2, -0.15) is 4.98 Å². The molecule has 2 saturated heterocycles. The monoisotopic (exact) mass is 552 g/mol. The number of anilines is 1. The van der Waals surface area contributed by atoms with Crippen LogP contribution < -0.4 is 10.1 Å². The Balaban J connectivity index is 1.34. The third kappa shape index (κ3) is 4.42. The van der Waals surface area contributed by atoms with Gasteiger partial charge < -0.3 is 14.8 Å². The van der Waals surface area contributed by atoms with Gasteiger partial charge in [-0.1, -0.05) is 11.3 Å². The number of likely N-dealkylation sites (tertiary alicyclic amines) is 1. The van der Waals surface area contributed by atoms with Gasteiger partial charge in [0, 0.05) is 6.54 Å². The van der Waals surface area contributed by atoms with Gasteiger partial charge in [0.05, 0.1) is 56.2 Å². The lowest BCUT2D eigenvalue weighted by Crippen LogP contribution is -2.61. The number of benzene rings is 1. The van der Waals surface area contributed by atoms with Gasteiger partial charge >= 0.3 is 0 Å². The van der Waals surface area contributed by atoms with Crippen LogP contribution in [0.3, 0.4) is 0 Å². The lowest BCUT2D eigenvalue weighted by Gasteiger charge is -2.44. The second-order valence-electron chi connectivity index (χ2n) is 9.81. The van der Waals surface area contributed by atoms with Crippen LogP contribution in [0, 0.1) is 5.82 Å². The lowest BCUT2D eigenvalue weighted by molar-refractivity contribution is -0.131. The number of aromatic nitrogens is 6. The molecule has 6 rings (SSSR count). The molecule has 2 aliphatic heterocycles. The normalized spacial score (nSPS) is 21.0. The number of piperidine rings is 1. The maximum Gasteiger partial charge on any atom is 0.280 e. The predicted molar refractivity (Wildman–Crippen MR) is 130 cm³/mol. The SMILES string of the molecule is COc1nc(N[C@@H]2CCN(C3COC3)CC2(F)F)nn2cc(F)c(-c3ccc4nnn([C@@H](C)C(F)F)c4c3)c12. The van der Waals surface area contributed by atoms with Crippen molar-refractivity contribution < 1.29 is 31.4 Å². The minimum atomic E-state index is -3.06. The molecule has 1 N–H and O–H groups in total. The topological polar surface area (TPSA) is 94.6 Å². The van der Waals surface area contributed by atoms with Crippen LogP contribution in [0.15, 0.2) is 24.4 Å². The van der Waals surface area contributed by atoms with Gasteiger partial charge in [-0.25, -0.2) is 31.1 Å². The Bertz CT molecular complexity index is 1520. The molecule has 2 aliphatic rings. The minimum absolute atomic E-state index is 0.00184. The summed E-state index contributed by atoms with van der Waals surface area (Å²) in [6, 6.07) is 2.13. The number of methoxy groups -OCH3 is 1. The first kappa shape index (κ1) is 25.7. The van der Waals surface area contributed by atoms with Crippen LogP contribution in [0.25, 0.3) is 27.7 Å². The van der Waals surface area contributed by atoms with Crippen molar-refractivity contribution in [1.82, 2.24) is 34.5 Å². The summed E-state index contributed by atoms with van der Waals surface area (Å²) >= 11 is 0. The Morgan fingerprint density at radius 3 is 2.69 bits per heavy atom. The molecular weight excluding hydrogens is 527 g/mol. The second kappa shape index (κ2) is 9.55. The highest BCUT2D eigenvalue weighted by Crippen LogP contribution is 2.37. The molecule has 0 aliphatic carbocycles. The molecule has 0 saturated carbocycles. The first-order chi connectivity index (χ1) is 18.7. The summed E-state index contributed by atoms with van der Waals surface area (Å²) in [5.74, 6) is -3.95. The van der Waals surface area contributed by atoms with Crippen molar-refractivity contribution in [2.24, 2.45) is 0 Å². The van der Waals surface area contributed by atoms with Crippen LogP contribution in [0.1, 0.15) is 19.4 Å². The molecular formula is C24H25F5N8O2. The number of hydrogen-bond donors (Lipinski definition) is 1. The molecule has 2 fully saturated rings. The van der Waals surface area contributed by atoms with E-state index in [1.807, 2.05) is 0 Å². The smallest absolute Gasteiger partial charge is 0.280 e. The number of nitrogens with zero attached hydrogens (tertiary/aromatic N) is 7. The van der Waals surface area contributed by atoms with Crippen LogP contribution in [0.5, 0.6) is 5.88 Å². The average molecular weight is 553 g/mol. The predicted octanol–water partition coefficient (Wildman–Crippen LogP) is 3.64. The van der Waals surface area contributed by atoms with E-state index >= 15 is 4.39 Å². The number of hydrogen-bond acceptors (Lipinski definition) is 8. The number of halogens is 5. The summed E-state index contributed by atoms with van der Waals surface area (Å²) in [6.07, 6.45) is -1.45. The van der Waals surface area contributed by atoms with Crippen molar-refractivity contribution in [1.29, 1.82) is 0 Å². The fraction of sp³-hybridized carbons (Fsp3) is 0.500. The van der Waals surface area contributed by atoms with Crippen molar-refractivity contribution >= 4 is 22.5 Å². The van der Waals surface area contributed by atoms with Crippen molar-refractivity contribution in [3.63, 3.8) is 0 Å². The number of rotatable bonds is 7. The van der Waals surface area contributed by atoms with Crippen molar-refractivity contribution in [3.8, 4) is 17.0 Å². The van der Waals surface area contributed by atoms with E-state index in [1.54, 1.807) is 17.0 Å². The molecule has 1 aromatic carbocycles. The highest BCUT2D eigenvalue weighted by molar-refractivity contribution is 5.89. The van der Waals surface area contributed by atoms with Gasteiger partial charge in [0.15, 0.2) is 5.82 Å². The maximum atomic E-state index is 15.3. The Kier molecular flexibility index (Phi) is 6.29. The van der Waals surface area contributed by atoms with E-state index in [0.717, 1.165) is 10.9 Å². The highest BCUT2D eigenvalue weighted by Gasteiger charge is 2.47. The van der Waals surface area contributed by atoms with E-state index in [4.69, 9.17) is 9.47 Å². The molecule has 39 heavy (non-hydrogen) atoms. The third-order valence-corrected chi connectivity index (χ3v) is 7.33. The summed E-state index contributed by atoms with van der Waals surface area (Å²) < 4.78 is 84.8. The van der Waals surface area contributed by atoms with Crippen molar-refractivity contribution in [2.45, 2.75) is 43.8 Å². The zero-order valence-electron chi connectivity index (χ0n) is 21.0. The quantitative estimate of drug-likeness (QED) is 0.348. The summed E-state index contributed by atoms with van der Waals surface area (Å²) in [5.41, 5.74) is 1.18. The summed E-state index contributed by atoms with van der Waals surface area (Å²) in [4.78, 5) is 5.98. The van der Waals surface area contributed by atoms with Gasteiger partial charge in [0.1, 0.15) is 17.1 Å². The molecule has 3 aromatic heterocycles. The zero-order chi connectivity index (χ0) is 27.5. The van der Waals surface area contributed by atoms with Crippen molar-refractivity contribution in [3.05, 3.63) is 30.2 Å². The van der Waals surface area contributed by atoms with Crippen LogP contribution in [0.2, 0.25) is 0 Å². The number of nitrogens with one attached hydrogen (secondary N) is 1. The lowest BCUT2D eigenvalue weighted by atomic mass is 9.98. The Morgan fingerprint density at radius 1 is 1.23 bits per heavy atom. The van der Waals surface area contributed by atoms with Gasteiger partial charge in [-0.3, -0.25) is 4.90 Å². The van der Waals surface area contributed by atoms with Crippen LogP contribution in [-0.4, -0.2) is 92.3 Å². The first-order valence-corrected chi connectivity index (χ1v) is 12.4. The average Bonchev–Trinajstić information content (AvgIpc) is 3.43. The van der Waals surface area contributed by atoms with Crippen molar-refractivity contribution in [2.75, 3.05) is 38.7 Å². The summed E-state index contributed by atoms with van der Waals surface area (Å²) in [7, 11) is 1.32. The molecule has 0 amide bonds. The highest BCUT2D eigenvalue weighted by atomic mass is 19.3.